The zero-order valence-corrected chi connectivity index (χ0v) is 18.3. The third-order valence-corrected chi connectivity index (χ3v) is 6.56. The lowest BCUT2D eigenvalue weighted by molar-refractivity contribution is -0.124. The van der Waals surface area contributed by atoms with E-state index < -0.39 is 5.41 Å². The first kappa shape index (κ1) is 21.5. The largest absolute Gasteiger partial charge is 0.385 e. The zero-order chi connectivity index (χ0) is 21.8. The summed E-state index contributed by atoms with van der Waals surface area (Å²) in [5.41, 5.74) is 2.92. The fourth-order valence-corrected chi connectivity index (χ4v) is 4.76. The molecule has 1 fully saturated rings. The molecule has 31 heavy (non-hydrogen) atoms. The Morgan fingerprint density at radius 2 is 2.06 bits per heavy atom. The summed E-state index contributed by atoms with van der Waals surface area (Å²) >= 11 is 0. The first-order valence-electron chi connectivity index (χ1n) is 10.9. The Balaban J connectivity index is 1.50. The van der Waals surface area contributed by atoms with E-state index in [1.54, 1.807) is 30.5 Å². The predicted octanol–water partition coefficient (Wildman–Crippen LogP) is 2.36. The van der Waals surface area contributed by atoms with E-state index in [0.717, 1.165) is 62.3 Å². The Kier molecular flexibility index (Phi) is 6.34. The van der Waals surface area contributed by atoms with Crippen LogP contribution in [-0.4, -0.2) is 62.1 Å². The van der Waals surface area contributed by atoms with Gasteiger partial charge in [0.05, 0.1) is 5.41 Å². The molecule has 2 aliphatic heterocycles. The van der Waals surface area contributed by atoms with Crippen LogP contribution in [0.1, 0.15) is 40.7 Å². The fourth-order valence-electron chi connectivity index (χ4n) is 4.76. The van der Waals surface area contributed by atoms with Crippen LogP contribution in [0.4, 0.5) is 5.69 Å². The minimum absolute atomic E-state index is 0.138. The van der Waals surface area contributed by atoms with Crippen molar-refractivity contribution in [1.29, 1.82) is 0 Å². The molecule has 0 atom stereocenters. The number of likely N-dealkylation sites (tertiary alicyclic amines) is 1. The van der Waals surface area contributed by atoms with Crippen molar-refractivity contribution in [3.63, 3.8) is 0 Å². The predicted molar refractivity (Wildman–Crippen MR) is 119 cm³/mol. The van der Waals surface area contributed by atoms with Gasteiger partial charge in [0.1, 0.15) is 0 Å². The van der Waals surface area contributed by atoms with Gasteiger partial charge in [0.2, 0.25) is 5.91 Å². The lowest BCUT2D eigenvalue weighted by atomic mass is 9.73. The van der Waals surface area contributed by atoms with Crippen LogP contribution in [0.15, 0.2) is 42.7 Å². The maximum atomic E-state index is 13.3. The molecule has 3 heterocycles. The van der Waals surface area contributed by atoms with Crippen LogP contribution in [0.5, 0.6) is 0 Å². The van der Waals surface area contributed by atoms with E-state index in [2.05, 4.69) is 15.2 Å². The first-order valence-corrected chi connectivity index (χ1v) is 10.9. The number of pyridine rings is 1. The molecule has 2 amide bonds. The SMILES string of the molecule is COCCCN1CCC2(CC1)C(=O)N(C)c1ccc(C(=O)NCc3cccnc3)cc12. The molecular formula is C24H30N4O3. The van der Waals surface area contributed by atoms with Crippen LogP contribution in [0.2, 0.25) is 0 Å². The van der Waals surface area contributed by atoms with Crippen molar-refractivity contribution in [3.8, 4) is 0 Å². The molecule has 1 saturated heterocycles. The number of hydrogen-bond acceptors (Lipinski definition) is 5. The number of methoxy groups -OCH3 is 1. The number of carbonyl (C=O) groups is 2. The van der Waals surface area contributed by atoms with Crippen molar-refractivity contribution >= 4 is 17.5 Å². The van der Waals surface area contributed by atoms with Gasteiger partial charge >= 0.3 is 0 Å². The molecule has 0 saturated carbocycles. The van der Waals surface area contributed by atoms with Crippen molar-refractivity contribution in [2.24, 2.45) is 0 Å². The molecule has 7 nitrogen and oxygen atoms in total. The number of nitrogens with zero attached hydrogens (tertiary/aromatic N) is 3. The number of ether oxygens (including phenoxy) is 1. The molecule has 0 radical (unpaired) electrons. The molecule has 164 valence electrons. The van der Waals surface area contributed by atoms with E-state index in [1.165, 1.54) is 0 Å². The second kappa shape index (κ2) is 9.16. The molecule has 2 aliphatic rings. The standard InChI is InChI=1S/C24H30N4O3/c1-27-21-7-6-19(22(29)26-17-18-5-3-10-25-16-18)15-20(21)24(23(27)30)8-12-28(13-9-24)11-4-14-31-2/h3,5-7,10,15-16H,4,8-9,11-14,17H2,1-2H3,(H,26,29). The summed E-state index contributed by atoms with van der Waals surface area (Å²) in [5, 5.41) is 2.96. The Morgan fingerprint density at radius 3 is 2.77 bits per heavy atom. The van der Waals surface area contributed by atoms with Crippen molar-refractivity contribution in [2.45, 2.75) is 31.2 Å². The van der Waals surface area contributed by atoms with Gasteiger partial charge < -0.3 is 19.9 Å². The zero-order valence-electron chi connectivity index (χ0n) is 18.3. The summed E-state index contributed by atoms with van der Waals surface area (Å²) in [7, 11) is 3.56. The summed E-state index contributed by atoms with van der Waals surface area (Å²) in [4.78, 5) is 34.3. The third kappa shape index (κ3) is 4.20. The maximum Gasteiger partial charge on any atom is 0.251 e. The van der Waals surface area contributed by atoms with Gasteiger partial charge in [-0.15, -0.1) is 0 Å². The average molecular weight is 423 g/mol. The van der Waals surface area contributed by atoms with Crippen molar-refractivity contribution in [2.75, 3.05) is 45.3 Å². The van der Waals surface area contributed by atoms with E-state index >= 15 is 0 Å². The van der Waals surface area contributed by atoms with Crippen LogP contribution in [0, 0.1) is 0 Å². The molecule has 4 rings (SSSR count). The third-order valence-electron chi connectivity index (χ3n) is 6.56. The van der Waals surface area contributed by atoms with E-state index in [-0.39, 0.29) is 11.8 Å². The number of nitrogens with one attached hydrogen (secondary N) is 1. The Bertz CT molecular complexity index is 939. The van der Waals surface area contributed by atoms with Gasteiger partial charge in [-0.2, -0.15) is 0 Å². The van der Waals surface area contributed by atoms with E-state index in [1.807, 2.05) is 31.3 Å². The summed E-state index contributed by atoms with van der Waals surface area (Å²) in [6.45, 7) is 3.91. The molecule has 0 aliphatic carbocycles. The van der Waals surface area contributed by atoms with Crippen molar-refractivity contribution in [3.05, 3.63) is 59.4 Å². The monoisotopic (exact) mass is 422 g/mol. The van der Waals surface area contributed by atoms with E-state index in [4.69, 9.17) is 4.74 Å². The van der Waals surface area contributed by atoms with Gasteiger partial charge in [0, 0.05) is 57.5 Å². The molecular weight excluding hydrogens is 392 g/mol. The Morgan fingerprint density at radius 1 is 1.26 bits per heavy atom. The van der Waals surface area contributed by atoms with Crippen molar-refractivity contribution < 1.29 is 14.3 Å². The number of benzene rings is 1. The molecule has 1 aromatic carbocycles. The van der Waals surface area contributed by atoms with Gasteiger partial charge in [-0.25, -0.2) is 0 Å². The Labute approximate surface area is 183 Å². The molecule has 0 unspecified atom stereocenters. The highest BCUT2D eigenvalue weighted by Crippen LogP contribution is 2.47. The normalized spacial score (nSPS) is 17.7. The number of aromatic nitrogens is 1. The molecule has 7 heteroatoms. The quantitative estimate of drug-likeness (QED) is 0.694. The summed E-state index contributed by atoms with van der Waals surface area (Å²) in [5.74, 6) is 0.00719. The highest BCUT2D eigenvalue weighted by Gasteiger charge is 2.51. The molecule has 2 aromatic rings. The highest BCUT2D eigenvalue weighted by atomic mass is 16.5. The van der Waals surface area contributed by atoms with Gasteiger partial charge in [0.25, 0.3) is 5.91 Å². The van der Waals surface area contributed by atoms with Crippen LogP contribution >= 0.6 is 0 Å². The van der Waals surface area contributed by atoms with Crippen molar-refractivity contribution in [1.82, 2.24) is 15.2 Å². The number of rotatable bonds is 7. The first-order chi connectivity index (χ1) is 15.0. The van der Waals surface area contributed by atoms with Crippen LogP contribution < -0.4 is 10.2 Å². The average Bonchev–Trinajstić information content (AvgIpc) is 3.01. The lowest BCUT2D eigenvalue weighted by Gasteiger charge is -2.38. The van der Waals surface area contributed by atoms with Crippen LogP contribution in [0.25, 0.3) is 0 Å². The van der Waals surface area contributed by atoms with Crippen LogP contribution in [0.3, 0.4) is 0 Å². The molecule has 1 spiro atoms. The number of carbonyl (C=O) groups excluding carboxylic acids is 2. The summed E-state index contributed by atoms with van der Waals surface area (Å²) in [6, 6.07) is 9.42. The molecule has 1 N–H and O–H groups in total. The minimum atomic E-state index is -0.526. The second-order valence-corrected chi connectivity index (χ2v) is 8.41. The number of anilines is 1. The maximum absolute atomic E-state index is 13.3. The summed E-state index contributed by atoms with van der Waals surface area (Å²) in [6.07, 6.45) is 6.00. The van der Waals surface area contributed by atoms with Crippen LogP contribution in [-0.2, 0) is 21.5 Å². The van der Waals surface area contributed by atoms with Gasteiger partial charge in [-0.1, -0.05) is 6.07 Å². The smallest absolute Gasteiger partial charge is 0.251 e. The molecule has 0 bridgehead atoms. The highest BCUT2D eigenvalue weighted by molar-refractivity contribution is 6.09. The number of likely N-dealkylation sites (N-methyl/N-ethyl adjacent to an activating group) is 1. The van der Waals surface area contributed by atoms with Gasteiger partial charge in [-0.05, 0) is 67.7 Å². The number of amides is 2. The lowest BCUT2D eigenvalue weighted by Crippen LogP contribution is -2.48. The topological polar surface area (TPSA) is 74.8 Å². The van der Waals surface area contributed by atoms with Gasteiger partial charge in [-0.3, -0.25) is 14.6 Å². The van der Waals surface area contributed by atoms with E-state index in [0.29, 0.717) is 12.1 Å². The number of fused-ring (bicyclic) bond motifs is 2. The Hall–Kier alpha value is -2.77. The second-order valence-electron chi connectivity index (χ2n) is 8.41. The number of piperidine rings is 1. The minimum Gasteiger partial charge on any atom is -0.385 e. The van der Waals surface area contributed by atoms with E-state index in [9.17, 15) is 9.59 Å². The summed E-state index contributed by atoms with van der Waals surface area (Å²) < 4.78 is 5.16. The van der Waals surface area contributed by atoms with Gasteiger partial charge in [0.15, 0.2) is 0 Å². The fraction of sp³-hybridized carbons (Fsp3) is 0.458. The molecule has 1 aromatic heterocycles. The number of hydrogen-bond donors (Lipinski definition) is 1.